The van der Waals surface area contributed by atoms with Gasteiger partial charge in [0, 0.05) is 61.7 Å². The molecule has 6 rings (SSSR count). The summed E-state index contributed by atoms with van der Waals surface area (Å²) in [6.07, 6.45) is 7.85. The summed E-state index contributed by atoms with van der Waals surface area (Å²) in [5.41, 5.74) is 3.23. The molecule has 31 heavy (non-hydrogen) atoms. The molecule has 3 aromatic rings. The van der Waals surface area contributed by atoms with Crippen LogP contribution >= 0.6 is 0 Å². The van der Waals surface area contributed by atoms with Crippen LogP contribution in [0.2, 0.25) is 0 Å². The lowest BCUT2D eigenvalue weighted by Crippen LogP contribution is -2.54. The molecule has 2 aromatic carbocycles. The van der Waals surface area contributed by atoms with Crippen LogP contribution < -0.4 is 10.3 Å². The summed E-state index contributed by atoms with van der Waals surface area (Å²) in [7, 11) is 1.81. The third kappa shape index (κ3) is 3.19. The van der Waals surface area contributed by atoms with Gasteiger partial charge in [-0.05, 0) is 42.0 Å². The van der Waals surface area contributed by atoms with Gasteiger partial charge in [-0.25, -0.2) is 0 Å². The van der Waals surface area contributed by atoms with Crippen molar-refractivity contribution in [2.75, 3.05) is 13.1 Å². The number of likely N-dealkylation sites (tertiary alicyclic amines) is 1. The minimum atomic E-state index is -0.474. The van der Waals surface area contributed by atoms with Crippen molar-refractivity contribution in [2.24, 2.45) is 7.05 Å². The molecule has 0 atom stereocenters. The van der Waals surface area contributed by atoms with Gasteiger partial charge in [0.1, 0.15) is 5.75 Å². The maximum absolute atomic E-state index is 12.5. The lowest BCUT2D eigenvalue weighted by Gasteiger charge is -2.47. The van der Waals surface area contributed by atoms with Crippen LogP contribution in [0.5, 0.6) is 5.75 Å². The highest BCUT2D eigenvalue weighted by molar-refractivity contribution is 5.95. The summed E-state index contributed by atoms with van der Waals surface area (Å²) in [4.78, 5) is 15.1. The molecule has 3 aliphatic rings. The van der Waals surface area contributed by atoms with Gasteiger partial charge in [0.15, 0.2) is 0 Å². The summed E-state index contributed by atoms with van der Waals surface area (Å²) in [6, 6.07) is 14.9. The van der Waals surface area contributed by atoms with E-state index in [1.54, 1.807) is 4.57 Å². The molecular formula is C26H28N2O3. The van der Waals surface area contributed by atoms with E-state index in [2.05, 4.69) is 23.1 Å². The molecular weight excluding hydrogens is 388 g/mol. The molecule has 1 aromatic heterocycles. The van der Waals surface area contributed by atoms with E-state index >= 15 is 0 Å². The normalized spacial score (nSPS) is 20.9. The summed E-state index contributed by atoms with van der Waals surface area (Å²) < 4.78 is 14.4. The molecule has 0 N–H and O–H groups in total. The molecule has 0 radical (unpaired) electrons. The van der Waals surface area contributed by atoms with Crippen LogP contribution in [0, 0.1) is 0 Å². The number of benzene rings is 2. The van der Waals surface area contributed by atoms with Crippen LogP contribution in [0.4, 0.5) is 0 Å². The van der Waals surface area contributed by atoms with E-state index in [1.807, 2.05) is 37.5 Å². The number of rotatable bonds is 2. The van der Waals surface area contributed by atoms with Crippen molar-refractivity contribution in [2.45, 2.75) is 50.5 Å². The number of hydrogen-bond donors (Lipinski definition) is 0. The second-order valence-electron chi connectivity index (χ2n) is 9.25. The van der Waals surface area contributed by atoms with E-state index in [4.69, 9.17) is 9.47 Å². The molecule has 1 spiro atoms. The Morgan fingerprint density at radius 2 is 1.81 bits per heavy atom. The summed E-state index contributed by atoms with van der Waals surface area (Å²) >= 11 is 0. The minimum absolute atomic E-state index is 0.0270. The Morgan fingerprint density at radius 1 is 1.03 bits per heavy atom. The fraction of sp³-hybridized carbons (Fsp3) is 0.423. The largest absolute Gasteiger partial charge is 0.462 e. The van der Waals surface area contributed by atoms with E-state index in [9.17, 15) is 4.79 Å². The fourth-order valence-corrected chi connectivity index (χ4v) is 5.27. The van der Waals surface area contributed by atoms with E-state index in [-0.39, 0.29) is 5.56 Å². The molecule has 1 aliphatic carbocycles. The number of pyridine rings is 1. The molecule has 5 heteroatoms. The van der Waals surface area contributed by atoms with Crippen molar-refractivity contribution >= 4 is 10.8 Å². The Balaban J connectivity index is 1.29. The van der Waals surface area contributed by atoms with Crippen LogP contribution in [-0.2, 0) is 18.4 Å². The predicted molar refractivity (Wildman–Crippen MR) is 121 cm³/mol. The highest BCUT2D eigenvalue weighted by atomic mass is 16.7. The monoisotopic (exact) mass is 416 g/mol. The second kappa shape index (κ2) is 7.21. The molecule has 3 heterocycles. The molecule has 2 aliphatic heterocycles. The first-order chi connectivity index (χ1) is 15.1. The Hall–Kier alpha value is -2.63. The zero-order valence-corrected chi connectivity index (χ0v) is 18.0. The molecule has 0 bridgehead atoms. The highest BCUT2D eigenvalue weighted by Gasteiger charge is 2.42. The van der Waals surface area contributed by atoms with Gasteiger partial charge in [-0.1, -0.05) is 30.7 Å². The van der Waals surface area contributed by atoms with Crippen LogP contribution in [-0.4, -0.2) is 34.4 Å². The topological polar surface area (TPSA) is 43.7 Å². The van der Waals surface area contributed by atoms with Gasteiger partial charge in [0.25, 0.3) is 5.56 Å². The predicted octanol–water partition coefficient (Wildman–Crippen LogP) is 4.46. The Bertz CT molecular complexity index is 1200. The first-order valence-corrected chi connectivity index (χ1v) is 11.4. The summed E-state index contributed by atoms with van der Waals surface area (Å²) in [6.45, 7) is 2.68. The highest BCUT2D eigenvalue weighted by Crippen LogP contribution is 2.41. The lowest BCUT2D eigenvalue weighted by molar-refractivity contribution is -0.231. The summed E-state index contributed by atoms with van der Waals surface area (Å²) in [5, 5.41) is 1.72. The van der Waals surface area contributed by atoms with Gasteiger partial charge in [-0.2, -0.15) is 0 Å². The van der Waals surface area contributed by atoms with Crippen LogP contribution in [0.15, 0.2) is 53.5 Å². The molecule has 1 saturated carbocycles. The van der Waals surface area contributed by atoms with Crippen molar-refractivity contribution in [1.29, 1.82) is 0 Å². The maximum Gasteiger partial charge on any atom is 0.258 e. The molecule has 160 valence electrons. The molecule has 0 amide bonds. The van der Waals surface area contributed by atoms with Gasteiger partial charge in [-0.3, -0.25) is 9.69 Å². The smallest absolute Gasteiger partial charge is 0.258 e. The number of piperidine rings is 1. The lowest BCUT2D eigenvalue weighted by atomic mass is 9.89. The third-order valence-electron chi connectivity index (χ3n) is 7.40. The number of aryl methyl sites for hydroxylation is 1. The van der Waals surface area contributed by atoms with E-state index in [1.165, 1.54) is 19.3 Å². The maximum atomic E-state index is 12.5. The van der Waals surface area contributed by atoms with Gasteiger partial charge < -0.3 is 14.0 Å². The first-order valence-electron chi connectivity index (χ1n) is 11.4. The van der Waals surface area contributed by atoms with Gasteiger partial charge >= 0.3 is 0 Å². The average Bonchev–Trinajstić information content (AvgIpc) is 2.76. The quantitative estimate of drug-likeness (QED) is 0.619. The SMILES string of the molecule is Cn1cc(-c2ccc3c(c2)COC2(CCN(C4CCC4)CC2)O3)c2ccccc2c1=O. The van der Waals surface area contributed by atoms with E-state index < -0.39 is 5.79 Å². The fourth-order valence-electron chi connectivity index (χ4n) is 5.27. The Labute approximate surface area is 182 Å². The van der Waals surface area contributed by atoms with E-state index in [0.717, 1.165) is 65.2 Å². The van der Waals surface area contributed by atoms with Gasteiger partial charge in [-0.15, -0.1) is 0 Å². The average molecular weight is 417 g/mol. The number of ether oxygens (including phenoxy) is 2. The number of aromatic nitrogens is 1. The number of hydrogen-bond acceptors (Lipinski definition) is 4. The van der Waals surface area contributed by atoms with E-state index in [0.29, 0.717) is 6.61 Å². The van der Waals surface area contributed by atoms with Crippen molar-refractivity contribution in [3.8, 4) is 16.9 Å². The Morgan fingerprint density at radius 3 is 2.55 bits per heavy atom. The van der Waals surface area contributed by atoms with Crippen LogP contribution in [0.25, 0.3) is 21.9 Å². The van der Waals surface area contributed by atoms with Gasteiger partial charge in [0.05, 0.1) is 6.61 Å². The molecule has 0 unspecified atom stereocenters. The zero-order valence-electron chi connectivity index (χ0n) is 18.0. The summed E-state index contributed by atoms with van der Waals surface area (Å²) in [5.74, 6) is 0.458. The van der Waals surface area contributed by atoms with Crippen molar-refractivity contribution in [3.05, 3.63) is 64.6 Å². The van der Waals surface area contributed by atoms with Crippen LogP contribution in [0.1, 0.15) is 37.7 Å². The second-order valence-corrected chi connectivity index (χ2v) is 9.25. The number of fused-ring (bicyclic) bond motifs is 2. The molecule has 5 nitrogen and oxygen atoms in total. The minimum Gasteiger partial charge on any atom is -0.462 e. The first kappa shape index (κ1) is 19.1. The molecule has 2 fully saturated rings. The van der Waals surface area contributed by atoms with Crippen LogP contribution in [0.3, 0.4) is 0 Å². The number of nitrogens with zero attached hydrogens (tertiary/aromatic N) is 2. The molecule has 1 saturated heterocycles. The van der Waals surface area contributed by atoms with Crippen molar-refractivity contribution in [3.63, 3.8) is 0 Å². The van der Waals surface area contributed by atoms with Crippen molar-refractivity contribution < 1.29 is 9.47 Å². The van der Waals surface area contributed by atoms with Crippen molar-refractivity contribution in [1.82, 2.24) is 9.47 Å². The zero-order chi connectivity index (χ0) is 21.0. The standard InChI is InChI=1S/C26H28N2O3/c1-27-16-23(21-7-2-3-8-22(21)25(27)29)18-9-10-24-19(15-18)17-30-26(31-24)11-13-28(14-12-26)20-5-4-6-20/h2-3,7-10,15-16,20H,4-6,11-14,17H2,1H3. The van der Waals surface area contributed by atoms with Gasteiger partial charge in [0.2, 0.25) is 5.79 Å². The Kier molecular flexibility index (Phi) is 4.44. The third-order valence-corrected chi connectivity index (χ3v) is 7.40.